The molecule has 4 N–H and O–H groups in total. The van der Waals surface area contributed by atoms with Crippen molar-refractivity contribution >= 4 is 6.09 Å². The number of rotatable bonds is 13. The topological polar surface area (TPSA) is 75.3 Å². The van der Waals surface area contributed by atoms with Gasteiger partial charge in [0.25, 0.3) is 0 Å². The Morgan fingerprint density at radius 3 is 1.05 bits per heavy atom. The van der Waals surface area contributed by atoms with Gasteiger partial charge in [-0.25, -0.2) is 10.6 Å². The van der Waals surface area contributed by atoms with Gasteiger partial charge in [-0.3, -0.25) is 5.43 Å². The van der Waals surface area contributed by atoms with E-state index in [2.05, 4.69) is 19.7 Å². The van der Waals surface area contributed by atoms with Crippen LogP contribution in [0.4, 0.5) is 4.79 Å². The van der Waals surface area contributed by atoms with E-state index < -0.39 is 6.09 Å². The summed E-state index contributed by atoms with van der Waals surface area (Å²) in [6.45, 7) is 4.58. The normalized spacial score (nSPS) is 9.86. The molecule has 21 heavy (non-hydrogen) atoms. The summed E-state index contributed by atoms with van der Waals surface area (Å²) in [4.78, 5) is 9.13. The maximum atomic E-state index is 9.13. The minimum absolute atomic E-state index is 1.22. The molecule has 0 aliphatic carbocycles. The highest BCUT2D eigenvalue weighted by Crippen LogP contribution is 2.12. The van der Waals surface area contributed by atoms with E-state index >= 15 is 0 Å². The van der Waals surface area contributed by atoms with Crippen molar-refractivity contribution < 1.29 is 9.90 Å². The van der Waals surface area contributed by atoms with Crippen LogP contribution in [-0.2, 0) is 0 Å². The highest BCUT2D eigenvalue weighted by Gasteiger charge is 1.92. The fourth-order valence-corrected chi connectivity index (χ4v) is 2.27. The van der Waals surface area contributed by atoms with Crippen LogP contribution in [-0.4, -0.2) is 11.2 Å². The molecule has 0 radical (unpaired) electrons. The summed E-state index contributed by atoms with van der Waals surface area (Å²) < 4.78 is 0. The summed E-state index contributed by atoms with van der Waals surface area (Å²) in [5.74, 6) is 4.32. The minimum atomic E-state index is -1.22. The molecule has 4 nitrogen and oxygen atoms in total. The lowest BCUT2D eigenvalue weighted by molar-refractivity contribution is 0.194. The first kappa shape index (κ1) is 22.5. The Morgan fingerprint density at radius 1 is 0.714 bits per heavy atom. The van der Waals surface area contributed by atoms with E-state index in [0.717, 1.165) is 0 Å². The van der Waals surface area contributed by atoms with Crippen molar-refractivity contribution in [2.45, 2.75) is 104 Å². The summed E-state index contributed by atoms with van der Waals surface area (Å²) >= 11 is 0. The molecule has 0 aromatic carbocycles. The van der Waals surface area contributed by atoms with Crippen molar-refractivity contribution in [1.82, 2.24) is 5.43 Å². The van der Waals surface area contributed by atoms with E-state index in [0.29, 0.717) is 0 Å². The third-order valence-corrected chi connectivity index (χ3v) is 3.58. The molecule has 0 aliphatic rings. The van der Waals surface area contributed by atoms with Gasteiger partial charge in [-0.1, -0.05) is 104 Å². The molecule has 1 amide bonds. The van der Waals surface area contributed by atoms with Gasteiger partial charge in [0.2, 0.25) is 0 Å². The molecule has 4 heteroatoms. The van der Waals surface area contributed by atoms with Crippen LogP contribution in [0.1, 0.15) is 104 Å². The number of hydrogen-bond acceptors (Lipinski definition) is 2. The quantitative estimate of drug-likeness (QED) is 0.179. The fourth-order valence-electron chi connectivity index (χ4n) is 2.27. The predicted octanol–water partition coefficient (Wildman–Crippen LogP) is 5.62. The second-order valence-electron chi connectivity index (χ2n) is 5.69. The number of nitrogens with two attached hydrogens (primary N) is 1. The van der Waals surface area contributed by atoms with Crippen LogP contribution in [0.25, 0.3) is 0 Å². The van der Waals surface area contributed by atoms with Gasteiger partial charge < -0.3 is 5.11 Å². The average molecular weight is 303 g/mol. The number of carbonyl (C=O) groups is 1. The Hall–Kier alpha value is -0.770. The lowest BCUT2D eigenvalue weighted by Crippen LogP contribution is -2.27. The Labute approximate surface area is 131 Å². The molecule has 0 atom stereocenters. The molecular formula is C17H38N2O2. The molecule has 0 fully saturated rings. The van der Waals surface area contributed by atoms with Crippen molar-refractivity contribution in [2.75, 3.05) is 0 Å². The van der Waals surface area contributed by atoms with Gasteiger partial charge in [0.15, 0.2) is 0 Å². The van der Waals surface area contributed by atoms with Crippen LogP contribution in [0, 0.1) is 0 Å². The molecule has 0 aliphatic heterocycles. The molecule has 0 unspecified atom stereocenters. The molecule has 128 valence electrons. The fraction of sp³-hybridized carbons (Fsp3) is 0.941. The molecule has 0 aromatic heterocycles. The largest absolute Gasteiger partial charge is 0.464 e. The van der Waals surface area contributed by atoms with Crippen molar-refractivity contribution in [1.29, 1.82) is 0 Å². The van der Waals surface area contributed by atoms with Crippen molar-refractivity contribution in [3.05, 3.63) is 0 Å². The van der Waals surface area contributed by atoms with Crippen LogP contribution in [0.3, 0.4) is 0 Å². The highest BCUT2D eigenvalue weighted by atomic mass is 16.4. The second-order valence-corrected chi connectivity index (χ2v) is 5.69. The Balaban J connectivity index is 0. The highest BCUT2D eigenvalue weighted by molar-refractivity contribution is 5.63. The predicted molar refractivity (Wildman–Crippen MR) is 91.3 cm³/mol. The van der Waals surface area contributed by atoms with Crippen molar-refractivity contribution in [3.63, 3.8) is 0 Å². The van der Waals surface area contributed by atoms with E-state index in [1.807, 2.05) is 0 Å². The third kappa shape index (κ3) is 28.2. The SMILES string of the molecule is CCCCCCCCCCCCCCCC.NNC(=O)O. The van der Waals surface area contributed by atoms with Crippen LogP contribution in [0.2, 0.25) is 0 Å². The van der Waals surface area contributed by atoms with Gasteiger partial charge in [-0.15, -0.1) is 0 Å². The Morgan fingerprint density at radius 2 is 0.905 bits per heavy atom. The van der Waals surface area contributed by atoms with Crippen LogP contribution < -0.4 is 11.3 Å². The zero-order valence-corrected chi connectivity index (χ0v) is 14.3. The van der Waals surface area contributed by atoms with E-state index in [4.69, 9.17) is 9.90 Å². The maximum absolute atomic E-state index is 9.13. The van der Waals surface area contributed by atoms with Gasteiger partial charge in [-0.2, -0.15) is 0 Å². The van der Waals surface area contributed by atoms with E-state index in [1.165, 1.54) is 95.3 Å². The van der Waals surface area contributed by atoms with Crippen LogP contribution >= 0.6 is 0 Å². The molecule has 0 bridgehead atoms. The number of hydrazine groups is 1. The number of amides is 1. The lowest BCUT2D eigenvalue weighted by atomic mass is 10.0. The first-order valence-electron chi connectivity index (χ1n) is 8.88. The zero-order chi connectivity index (χ0) is 16.2. The summed E-state index contributed by atoms with van der Waals surface area (Å²) in [7, 11) is 0. The molecule has 0 heterocycles. The molecule has 0 spiro atoms. The number of nitrogens with one attached hydrogen (secondary N) is 1. The van der Waals surface area contributed by atoms with Gasteiger partial charge in [0.05, 0.1) is 0 Å². The van der Waals surface area contributed by atoms with Crippen molar-refractivity contribution in [3.8, 4) is 0 Å². The van der Waals surface area contributed by atoms with Gasteiger partial charge in [-0.05, 0) is 0 Å². The van der Waals surface area contributed by atoms with Crippen LogP contribution in [0.15, 0.2) is 0 Å². The number of carboxylic acid groups (broad SMARTS) is 1. The van der Waals surface area contributed by atoms with Gasteiger partial charge >= 0.3 is 6.09 Å². The Bertz CT molecular complexity index is 185. The summed E-state index contributed by atoms with van der Waals surface area (Å²) in [5, 5.41) is 7.49. The summed E-state index contributed by atoms with van der Waals surface area (Å²) in [6.07, 6.45) is 19.2. The Kier molecular flexibility index (Phi) is 23.1. The number of unbranched alkanes of at least 4 members (excludes halogenated alkanes) is 13. The summed E-state index contributed by atoms with van der Waals surface area (Å²) in [5.41, 5.74) is 1.44. The first-order chi connectivity index (χ1) is 10.2. The lowest BCUT2D eigenvalue weighted by Gasteiger charge is -2.02. The zero-order valence-electron chi connectivity index (χ0n) is 14.3. The van der Waals surface area contributed by atoms with E-state index in [-0.39, 0.29) is 0 Å². The van der Waals surface area contributed by atoms with Crippen LogP contribution in [0.5, 0.6) is 0 Å². The minimum Gasteiger partial charge on any atom is -0.464 e. The van der Waals surface area contributed by atoms with Gasteiger partial charge in [0, 0.05) is 0 Å². The molecule has 0 saturated carbocycles. The molecule has 0 rings (SSSR count). The summed E-state index contributed by atoms with van der Waals surface area (Å²) in [6, 6.07) is 0. The average Bonchev–Trinajstić information content (AvgIpc) is 2.49. The van der Waals surface area contributed by atoms with Crippen molar-refractivity contribution in [2.24, 2.45) is 5.84 Å². The van der Waals surface area contributed by atoms with E-state index in [9.17, 15) is 0 Å². The van der Waals surface area contributed by atoms with E-state index in [1.54, 1.807) is 0 Å². The first-order valence-corrected chi connectivity index (χ1v) is 8.88. The number of hydrogen-bond donors (Lipinski definition) is 3. The maximum Gasteiger partial charge on any atom is 0.418 e. The molecule has 0 saturated heterocycles. The second kappa shape index (κ2) is 21.5. The molecular weight excluding hydrogens is 264 g/mol. The smallest absolute Gasteiger partial charge is 0.418 e. The molecule has 0 aromatic rings. The third-order valence-electron chi connectivity index (χ3n) is 3.58. The van der Waals surface area contributed by atoms with Gasteiger partial charge in [0.1, 0.15) is 0 Å². The monoisotopic (exact) mass is 302 g/mol. The standard InChI is InChI=1S/C16H34.CH4N2O2/c1-3-5-7-9-11-13-15-16-14-12-10-8-6-4-2;2-3-1(4)5/h3-16H2,1-2H3;3H,2H2,(H,4,5).